The van der Waals surface area contributed by atoms with Crippen molar-refractivity contribution in [3.63, 3.8) is 0 Å². The molecule has 0 bridgehead atoms. The molecule has 2 N–H and O–H groups in total. The molecular weight excluding hydrogens is 195 g/mol. The van der Waals surface area contributed by atoms with Crippen LogP contribution in [-0.4, -0.2) is 30.0 Å². The molecule has 1 rings (SSSR count). The van der Waals surface area contributed by atoms with Gasteiger partial charge in [0.2, 0.25) is 0 Å². The lowest BCUT2D eigenvalue weighted by molar-refractivity contribution is -0.0804. The van der Waals surface area contributed by atoms with Crippen LogP contribution in [0.5, 0.6) is 0 Å². The normalized spacial score (nSPS) is 22.9. The number of hydrogen-bond acceptors (Lipinski definition) is 2. The minimum absolute atomic E-state index is 0.0776. The molecule has 0 atom stereocenters. The summed E-state index contributed by atoms with van der Waals surface area (Å²) in [5.74, 6) is 0. The van der Waals surface area contributed by atoms with Crippen LogP contribution in [0.15, 0.2) is 12.2 Å². The minimum atomic E-state index is -4.27. The largest absolute Gasteiger partial charge is 0.409 e. The average Bonchev–Trinajstić information content (AvgIpc) is 2.02. The molecule has 0 unspecified atom stereocenters. The topological polar surface area (TPSA) is 32.3 Å². The highest BCUT2D eigenvalue weighted by Gasteiger charge is 2.28. The van der Waals surface area contributed by atoms with Crippen molar-refractivity contribution in [3.8, 4) is 0 Å². The molecule has 1 saturated heterocycles. The third kappa shape index (κ3) is 4.11. The van der Waals surface area contributed by atoms with E-state index in [2.05, 4.69) is 5.32 Å². The molecule has 1 aliphatic heterocycles. The predicted molar refractivity (Wildman–Crippen MR) is 46.9 cm³/mol. The molecular formula is C9H14F3NO. The maximum absolute atomic E-state index is 11.8. The van der Waals surface area contributed by atoms with Crippen LogP contribution in [0.3, 0.4) is 0 Å². The number of aliphatic hydroxyl groups is 1. The Balaban J connectivity index is 2.39. The fourth-order valence-corrected chi connectivity index (χ4v) is 1.51. The van der Waals surface area contributed by atoms with Crippen molar-refractivity contribution < 1.29 is 18.3 Å². The number of nitrogens with one attached hydrogen (secondary N) is 1. The van der Waals surface area contributed by atoms with Crippen molar-refractivity contribution in [1.29, 1.82) is 0 Å². The number of halogens is 3. The van der Waals surface area contributed by atoms with Crippen LogP contribution in [-0.2, 0) is 0 Å². The fourth-order valence-electron chi connectivity index (χ4n) is 1.51. The zero-order valence-electron chi connectivity index (χ0n) is 7.77. The van der Waals surface area contributed by atoms with E-state index in [9.17, 15) is 18.3 Å². The first kappa shape index (κ1) is 11.5. The third-order valence-corrected chi connectivity index (χ3v) is 2.34. The number of allylic oxidation sites excluding steroid dienone is 1. The Morgan fingerprint density at radius 3 is 2.36 bits per heavy atom. The first-order valence-electron chi connectivity index (χ1n) is 4.59. The smallest absolute Gasteiger partial charge is 0.389 e. The number of rotatable bonds is 2. The molecule has 5 heteroatoms. The van der Waals surface area contributed by atoms with Crippen LogP contribution >= 0.6 is 0 Å². The van der Waals surface area contributed by atoms with E-state index in [0.29, 0.717) is 25.9 Å². The summed E-state index contributed by atoms with van der Waals surface area (Å²) in [7, 11) is 0. The lowest BCUT2D eigenvalue weighted by Crippen LogP contribution is -2.41. The average molecular weight is 209 g/mol. The maximum atomic E-state index is 11.8. The van der Waals surface area contributed by atoms with Crippen LogP contribution in [0.25, 0.3) is 0 Å². The van der Waals surface area contributed by atoms with E-state index in [1.165, 1.54) is 0 Å². The van der Waals surface area contributed by atoms with E-state index in [1.807, 2.05) is 0 Å². The number of piperidine rings is 1. The van der Waals surface area contributed by atoms with Crippen LogP contribution in [0, 0.1) is 0 Å². The Bertz CT molecular complexity index is 207. The second kappa shape index (κ2) is 4.31. The SMILES string of the molecule is OC1(C/C=C/C(F)(F)F)CCNCC1. The molecule has 0 spiro atoms. The Morgan fingerprint density at radius 2 is 1.86 bits per heavy atom. The zero-order valence-corrected chi connectivity index (χ0v) is 7.77. The monoisotopic (exact) mass is 209 g/mol. The summed E-state index contributed by atoms with van der Waals surface area (Å²) in [4.78, 5) is 0. The summed E-state index contributed by atoms with van der Waals surface area (Å²) in [6.45, 7) is 1.33. The Kier molecular flexibility index (Phi) is 3.55. The molecule has 1 aliphatic rings. The predicted octanol–water partition coefficient (Wildman–Crippen LogP) is 1.61. The molecule has 0 radical (unpaired) electrons. The fraction of sp³-hybridized carbons (Fsp3) is 0.778. The molecule has 0 aliphatic carbocycles. The van der Waals surface area contributed by atoms with Gasteiger partial charge in [-0.3, -0.25) is 0 Å². The molecule has 1 heterocycles. The highest BCUT2D eigenvalue weighted by Crippen LogP contribution is 2.24. The summed E-state index contributed by atoms with van der Waals surface area (Å²) in [6.07, 6.45) is -1.99. The van der Waals surface area contributed by atoms with Gasteiger partial charge in [-0.25, -0.2) is 0 Å². The molecule has 82 valence electrons. The third-order valence-electron chi connectivity index (χ3n) is 2.34. The van der Waals surface area contributed by atoms with E-state index in [4.69, 9.17) is 0 Å². The van der Waals surface area contributed by atoms with E-state index in [-0.39, 0.29) is 12.5 Å². The number of hydrogen-bond donors (Lipinski definition) is 2. The van der Waals surface area contributed by atoms with Crippen LogP contribution in [0.4, 0.5) is 13.2 Å². The van der Waals surface area contributed by atoms with Crippen LogP contribution < -0.4 is 5.32 Å². The van der Waals surface area contributed by atoms with Gasteiger partial charge in [-0.05, 0) is 32.4 Å². The summed E-state index contributed by atoms with van der Waals surface area (Å²) >= 11 is 0. The van der Waals surface area contributed by atoms with Gasteiger partial charge in [-0.15, -0.1) is 0 Å². The van der Waals surface area contributed by atoms with Gasteiger partial charge >= 0.3 is 6.18 Å². The van der Waals surface area contributed by atoms with Gasteiger partial charge in [-0.2, -0.15) is 13.2 Å². The van der Waals surface area contributed by atoms with Crippen LogP contribution in [0.1, 0.15) is 19.3 Å². The van der Waals surface area contributed by atoms with Gasteiger partial charge in [-0.1, -0.05) is 6.08 Å². The Hall–Kier alpha value is -0.550. The first-order valence-corrected chi connectivity index (χ1v) is 4.59. The van der Waals surface area contributed by atoms with Gasteiger partial charge in [0.1, 0.15) is 0 Å². The second-order valence-corrected chi connectivity index (χ2v) is 3.62. The van der Waals surface area contributed by atoms with Crippen molar-refractivity contribution in [2.24, 2.45) is 0 Å². The van der Waals surface area contributed by atoms with Crippen molar-refractivity contribution >= 4 is 0 Å². The van der Waals surface area contributed by atoms with Gasteiger partial charge in [0.15, 0.2) is 0 Å². The minimum Gasteiger partial charge on any atom is -0.389 e. The molecule has 1 fully saturated rings. The molecule has 0 aromatic carbocycles. The van der Waals surface area contributed by atoms with Gasteiger partial charge in [0.25, 0.3) is 0 Å². The molecule has 0 amide bonds. The van der Waals surface area contributed by atoms with E-state index < -0.39 is 11.8 Å². The standard InChI is InChI=1S/C9H14F3NO/c10-9(11,12)3-1-2-8(14)4-6-13-7-5-8/h1,3,13-14H,2,4-7H2/b3-1+. The van der Waals surface area contributed by atoms with Crippen molar-refractivity contribution in [1.82, 2.24) is 5.32 Å². The highest BCUT2D eigenvalue weighted by atomic mass is 19.4. The molecule has 0 saturated carbocycles. The summed E-state index contributed by atoms with van der Waals surface area (Å²) in [6, 6.07) is 0. The summed E-state index contributed by atoms with van der Waals surface area (Å²) < 4.78 is 35.3. The molecule has 2 nitrogen and oxygen atoms in total. The summed E-state index contributed by atoms with van der Waals surface area (Å²) in [5, 5.41) is 12.8. The lowest BCUT2D eigenvalue weighted by atomic mass is 9.89. The van der Waals surface area contributed by atoms with E-state index in [0.717, 1.165) is 6.08 Å². The van der Waals surface area contributed by atoms with Gasteiger partial charge in [0.05, 0.1) is 5.60 Å². The Morgan fingerprint density at radius 1 is 1.29 bits per heavy atom. The molecule has 14 heavy (non-hydrogen) atoms. The second-order valence-electron chi connectivity index (χ2n) is 3.62. The van der Waals surface area contributed by atoms with Crippen molar-refractivity contribution in [3.05, 3.63) is 12.2 Å². The number of alkyl halides is 3. The summed E-state index contributed by atoms with van der Waals surface area (Å²) in [5.41, 5.74) is -0.951. The van der Waals surface area contributed by atoms with Gasteiger partial charge in [0, 0.05) is 6.08 Å². The maximum Gasteiger partial charge on any atom is 0.409 e. The van der Waals surface area contributed by atoms with Gasteiger partial charge < -0.3 is 10.4 Å². The Labute approximate surface area is 80.8 Å². The zero-order chi connectivity index (χ0) is 10.7. The lowest BCUT2D eigenvalue weighted by Gasteiger charge is -2.31. The van der Waals surface area contributed by atoms with Crippen molar-refractivity contribution in [2.75, 3.05) is 13.1 Å². The quantitative estimate of drug-likeness (QED) is 0.677. The molecule has 0 aromatic rings. The van der Waals surface area contributed by atoms with E-state index >= 15 is 0 Å². The highest BCUT2D eigenvalue weighted by molar-refractivity contribution is 4.96. The molecule has 0 aromatic heterocycles. The van der Waals surface area contributed by atoms with E-state index in [1.54, 1.807) is 0 Å². The first-order chi connectivity index (χ1) is 6.41. The van der Waals surface area contributed by atoms with Crippen LogP contribution in [0.2, 0.25) is 0 Å². The van der Waals surface area contributed by atoms with Crippen molar-refractivity contribution in [2.45, 2.75) is 31.0 Å².